The monoisotopic (exact) mass is 514 g/mol. The van der Waals surface area contributed by atoms with E-state index in [1.807, 2.05) is 0 Å². The average molecular weight is 515 g/mol. The molecule has 0 aliphatic carbocycles. The van der Waals surface area contributed by atoms with Crippen molar-refractivity contribution in [1.82, 2.24) is 9.88 Å². The number of carbonyl (C=O) groups excluding carboxylic acids is 1. The first-order valence-corrected chi connectivity index (χ1v) is 10.8. The van der Waals surface area contributed by atoms with Gasteiger partial charge in [0, 0.05) is 29.9 Å². The maximum Gasteiger partial charge on any atom is 0.416 e. The molecule has 2 aromatic carbocycles. The van der Waals surface area contributed by atoms with Crippen LogP contribution in [-0.2, 0) is 18.9 Å². The van der Waals surface area contributed by atoms with Crippen molar-refractivity contribution < 1.29 is 35.9 Å². The fourth-order valence-electron chi connectivity index (χ4n) is 3.79. The molecule has 1 aliphatic heterocycles. The molecular formula is C24H17ClF6N2O2. The Morgan fingerprint density at radius 1 is 0.943 bits per heavy atom. The normalized spacial score (nSPS) is 14.7. The minimum absolute atomic E-state index is 0.0344. The molecule has 1 amide bonds. The fraction of sp³-hybridized carbons (Fsp3) is 0.250. The maximum absolute atomic E-state index is 13.6. The number of hydrogen-bond acceptors (Lipinski definition) is 3. The van der Waals surface area contributed by atoms with Crippen LogP contribution in [0.3, 0.4) is 0 Å². The molecule has 0 bridgehead atoms. The van der Waals surface area contributed by atoms with Gasteiger partial charge in [0.1, 0.15) is 5.56 Å². The van der Waals surface area contributed by atoms with Gasteiger partial charge in [0.2, 0.25) is 5.88 Å². The summed E-state index contributed by atoms with van der Waals surface area (Å²) in [7, 11) is 0. The van der Waals surface area contributed by atoms with E-state index in [1.165, 1.54) is 11.1 Å². The van der Waals surface area contributed by atoms with Crippen LogP contribution in [0.1, 0.15) is 33.5 Å². The van der Waals surface area contributed by atoms with Crippen LogP contribution < -0.4 is 4.74 Å². The van der Waals surface area contributed by atoms with Gasteiger partial charge in [0.05, 0.1) is 17.7 Å². The van der Waals surface area contributed by atoms with Crippen molar-refractivity contribution in [3.8, 4) is 17.0 Å². The van der Waals surface area contributed by atoms with Crippen LogP contribution in [0.4, 0.5) is 26.3 Å². The zero-order chi connectivity index (χ0) is 25.4. The van der Waals surface area contributed by atoms with Crippen molar-refractivity contribution >= 4 is 17.5 Å². The number of fused-ring (bicyclic) bond motifs is 1. The van der Waals surface area contributed by atoms with E-state index < -0.39 is 35.9 Å². The van der Waals surface area contributed by atoms with Crippen LogP contribution in [0.5, 0.6) is 5.88 Å². The summed E-state index contributed by atoms with van der Waals surface area (Å²) in [6, 6.07) is 9.49. The van der Waals surface area contributed by atoms with Crippen LogP contribution in [0.2, 0.25) is 5.02 Å². The van der Waals surface area contributed by atoms with Gasteiger partial charge in [-0.2, -0.15) is 26.3 Å². The van der Waals surface area contributed by atoms with Crippen molar-refractivity contribution in [1.29, 1.82) is 0 Å². The molecule has 0 unspecified atom stereocenters. The van der Waals surface area contributed by atoms with Crippen molar-refractivity contribution in [3.63, 3.8) is 0 Å². The van der Waals surface area contributed by atoms with E-state index in [0.29, 0.717) is 34.7 Å². The predicted molar refractivity (Wildman–Crippen MR) is 116 cm³/mol. The van der Waals surface area contributed by atoms with Gasteiger partial charge < -0.3 is 9.64 Å². The summed E-state index contributed by atoms with van der Waals surface area (Å²) in [5, 5.41) is 0.472. The topological polar surface area (TPSA) is 42.4 Å². The van der Waals surface area contributed by atoms with Crippen molar-refractivity contribution in [2.75, 3.05) is 13.2 Å². The molecule has 4 nitrogen and oxygen atoms in total. The Kier molecular flexibility index (Phi) is 6.68. The van der Waals surface area contributed by atoms with Crippen LogP contribution >= 0.6 is 11.6 Å². The molecule has 0 fully saturated rings. The molecule has 35 heavy (non-hydrogen) atoms. The van der Waals surface area contributed by atoms with Crippen LogP contribution in [-0.4, -0.2) is 28.9 Å². The van der Waals surface area contributed by atoms with Gasteiger partial charge in [0.25, 0.3) is 5.91 Å². The Balaban J connectivity index is 1.76. The third kappa shape index (κ3) is 5.53. The van der Waals surface area contributed by atoms with Gasteiger partial charge in [-0.05, 0) is 53.9 Å². The molecule has 0 N–H and O–H groups in total. The molecule has 184 valence electrons. The number of pyridine rings is 1. The molecule has 3 aromatic rings. The first kappa shape index (κ1) is 24.8. The van der Waals surface area contributed by atoms with Crippen molar-refractivity contribution in [2.45, 2.75) is 25.3 Å². The number of amides is 1. The molecule has 0 radical (unpaired) electrons. The van der Waals surface area contributed by atoms with E-state index in [-0.39, 0.29) is 36.2 Å². The number of carbonyl (C=O) groups is 1. The lowest BCUT2D eigenvalue weighted by Gasteiger charge is -2.28. The molecule has 0 saturated heterocycles. The third-order valence-electron chi connectivity index (χ3n) is 5.40. The molecular weight excluding hydrogens is 498 g/mol. The minimum atomic E-state index is -4.98. The first-order chi connectivity index (χ1) is 16.4. The number of hydrogen-bond donors (Lipinski definition) is 0. The molecule has 2 heterocycles. The quantitative estimate of drug-likeness (QED) is 0.358. The summed E-state index contributed by atoms with van der Waals surface area (Å²) in [6.07, 6.45) is -8.21. The Morgan fingerprint density at radius 3 is 2.17 bits per heavy atom. The van der Waals surface area contributed by atoms with E-state index in [4.69, 9.17) is 16.3 Å². The number of rotatable bonds is 3. The van der Waals surface area contributed by atoms with E-state index in [0.717, 1.165) is 0 Å². The highest BCUT2D eigenvalue weighted by molar-refractivity contribution is 6.30. The van der Waals surface area contributed by atoms with Gasteiger partial charge in [0.15, 0.2) is 0 Å². The molecule has 1 aliphatic rings. The van der Waals surface area contributed by atoms with E-state index in [1.54, 1.807) is 30.3 Å². The van der Waals surface area contributed by atoms with Crippen molar-refractivity contribution in [2.24, 2.45) is 0 Å². The molecule has 0 atom stereocenters. The van der Waals surface area contributed by atoms with Gasteiger partial charge in [-0.1, -0.05) is 23.7 Å². The SMILES string of the molecule is O=C1c2c(-c3ccc(Cl)cc3)ccnc2OCCCN1Cc1cc(C(F)(F)F)cc(C(F)(F)F)c1. The number of ether oxygens (including phenoxy) is 1. The highest BCUT2D eigenvalue weighted by Crippen LogP contribution is 2.37. The minimum Gasteiger partial charge on any atom is -0.477 e. The Hall–Kier alpha value is -3.27. The molecule has 4 rings (SSSR count). The molecule has 11 heteroatoms. The summed E-state index contributed by atoms with van der Waals surface area (Å²) >= 11 is 5.95. The third-order valence-corrected chi connectivity index (χ3v) is 5.66. The maximum atomic E-state index is 13.6. The van der Waals surface area contributed by atoms with E-state index in [2.05, 4.69) is 4.98 Å². The number of alkyl halides is 6. The highest BCUT2D eigenvalue weighted by Gasteiger charge is 2.37. The van der Waals surface area contributed by atoms with Gasteiger partial charge >= 0.3 is 12.4 Å². The second kappa shape index (κ2) is 9.41. The summed E-state index contributed by atoms with van der Waals surface area (Å²) in [5.41, 5.74) is -2.03. The smallest absolute Gasteiger partial charge is 0.416 e. The van der Waals surface area contributed by atoms with Crippen LogP contribution in [0.15, 0.2) is 54.7 Å². The lowest BCUT2D eigenvalue weighted by molar-refractivity contribution is -0.143. The van der Waals surface area contributed by atoms with Crippen LogP contribution in [0.25, 0.3) is 11.1 Å². The summed E-state index contributed by atoms with van der Waals surface area (Å²) in [6.45, 7) is -0.241. The Labute approximate surface area is 201 Å². The summed E-state index contributed by atoms with van der Waals surface area (Å²) in [4.78, 5) is 18.9. The molecule has 1 aromatic heterocycles. The van der Waals surface area contributed by atoms with E-state index >= 15 is 0 Å². The number of halogens is 7. The second-order valence-corrected chi connectivity index (χ2v) is 8.32. The van der Waals surface area contributed by atoms with Gasteiger partial charge in [-0.3, -0.25) is 4.79 Å². The van der Waals surface area contributed by atoms with Crippen molar-refractivity contribution in [3.05, 3.63) is 82.0 Å². The summed E-state index contributed by atoms with van der Waals surface area (Å²) < 4.78 is 85.4. The highest BCUT2D eigenvalue weighted by atomic mass is 35.5. The van der Waals surface area contributed by atoms with Crippen LogP contribution in [0, 0.1) is 0 Å². The number of benzene rings is 2. The predicted octanol–water partition coefficient (Wildman–Crippen LogP) is 6.86. The average Bonchev–Trinajstić information content (AvgIpc) is 2.78. The van der Waals surface area contributed by atoms with Gasteiger partial charge in [-0.15, -0.1) is 0 Å². The summed E-state index contributed by atoms with van der Waals surface area (Å²) in [5.74, 6) is -0.587. The standard InChI is InChI=1S/C24H17ClF6N2O2/c25-18-4-2-15(3-5-18)19-6-7-32-21-20(19)22(34)33(8-1-9-35-21)13-14-10-16(23(26,27)28)12-17(11-14)24(29,30)31/h2-7,10-12H,1,8-9,13H2. The van der Waals surface area contributed by atoms with E-state index in [9.17, 15) is 31.1 Å². The number of nitrogens with zero attached hydrogens (tertiary/aromatic N) is 2. The Morgan fingerprint density at radius 2 is 1.57 bits per heavy atom. The van der Waals surface area contributed by atoms with Gasteiger partial charge in [-0.25, -0.2) is 4.98 Å². The second-order valence-electron chi connectivity index (χ2n) is 7.89. The molecule has 0 spiro atoms. The first-order valence-electron chi connectivity index (χ1n) is 10.4. The lowest BCUT2D eigenvalue weighted by Crippen LogP contribution is -2.35. The Bertz CT molecular complexity index is 1210. The lowest BCUT2D eigenvalue weighted by atomic mass is 9.99. The zero-order valence-corrected chi connectivity index (χ0v) is 18.6. The molecule has 0 saturated carbocycles. The zero-order valence-electron chi connectivity index (χ0n) is 17.9. The fourth-order valence-corrected chi connectivity index (χ4v) is 3.92. The number of aromatic nitrogens is 1. The largest absolute Gasteiger partial charge is 0.477 e.